The van der Waals surface area contributed by atoms with E-state index in [1.165, 1.54) is 0 Å². The van der Waals surface area contributed by atoms with Crippen molar-refractivity contribution in [3.63, 3.8) is 0 Å². The van der Waals surface area contributed by atoms with Crippen molar-refractivity contribution in [1.82, 2.24) is 20.9 Å². The molecular weight excluding hydrogens is 487 g/mol. The maximum atomic E-state index is 12.0. The van der Waals surface area contributed by atoms with Crippen LogP contribution in [-0.2, 0) is 28.8 Å². The number of carbonyl (C=O) groups is 6. The van der Waals surface area contributed by atoms with Crippen molar-refractivity contribution in [2.24, 2.45) is 0 Å². The van der Waals surface area contributed by atoms with Crippen LogP contribution in [0.5, 0.6) is 0 Å². The lowest BCUT2D eigenvalue weighted by Crippen LogP contribution is -2.48. The van der Waals surface area contributed by atoms with Crippen LogP contribution in [0, 0.1) is 0 Å². The summed E-state index contributed by atoms with van der Waals surface area (Å²) < 4.78 is 0.0196. The molecule has 0 aliphatic heterocycles. The molecule has 0 radical (unpaired) electrons. The van der Waals surface area contributed by atoms with Crippen LogP contribution in [0.2, 0.25) is 0 Å². The van der Waals surface area contributed by atoms with Crippen molar-refractivity contribution in [3.8, 4) is 0 Å². The van der Waals surface area contributed by atoms with E-state index in [0.29, 0.717) is 25.8 Å². The van der Waals surface area contributed by atoms with E-state index in [9.17, 15) is 28.8 Å². The molecule has 4 amide bonds. The van der Waals surface area contributed by atoms with Gasteiger partial charge in [-0.1, -0.05) is 0 Å². The molecule has 0 saturated carbocycles. The predicted octanol–water partition coefficient (Wildman–Crippen LogP) is -1.21. The van der Waals surface area contributed by atoms with Crippen LogP contribution in [0.4, 0.5) is 0 Å². The molecule has 0 aromatic carbocycles. The molecule has 12 heteroatoms. The molecule has 158 valence electrons. The van der Waals surface area contributed by atoms with Gasteiger partial charge in [0.25, 0.3) is 0 Å². The van der Waals surface area contributed by atoms with Crippen LogP contribution in [0.3, 0.4) is 0 Å². The van der Waals surface area contributed by atoms with Gasteiger partial charge < -0.3 is 26.0 Å². The Morgan fingerprint density at radius 1 is 0.821 bits per heavy atom. The Balaban J connectivity index is 4.25. The van der Waals surface area contributed by atoms with E-state index in [4.69, 9.17) is 5.11 Å². The number of nitrogens with zero attached hydrogens (tertiary/aromatic N) is 1. The first kappa shape index (κ1) is 25.8. The second-order valence-corrected chi connectivity index (χ2v) is 6.92. The number of hydrogen-bond acceptors (Lipinski definition) is 6. The monoisotopic (exact) mass is 512 g/mol. The van der Waals surface area contributed by atoms with Gasteiger partial charge >= 0.3 is 5.97 Å². The molecule has 0 aliphatic rings. The number of likely N-dealkylation sites (N-methyl/N-ethyl adjacent to an activating group) is 1. The minimum Gasteiger partial charge on any atom is -0.480 e. The number of hydrogen-bond donors (Lipinski definition) is 4. The number of unbranched alkanes of at least 4 members (excludes halogenated alkanes) is 1. The number of nitrogens with one attached hydrogen (secondary N) is 3. The van der Waals surface area contributed by atoms with Crippen molar-refractivity contribution in [2.45, 2.75) is 32.6 Å². The van der Waals surface area contributed by atoms with Gasteiger partial charge in [0, 0.05) is 19.4 Å². The standard InChI is InChI=1S/C16H25IN4O7/c1-2-18-14(25)9-21(10-16(27)28)15(26)8-20-13(24)7-19-12(23)6-4-3-5-11(17)22/h2-10H2,1H3,(H,18,25)(H,19,23)(H,20,24)(H,27,28). The molecule has 0 unspecified atom stereocenters. The van der Waals surface area contributed by atoms with E-state index >= 15 is 0 Å². The lowest BCUT2D eigenvalue weighted by atomic mass is 10.2. The van der Waals surface area contributed by atoms with Gasteiger partial charge in [0.2, 0.25) is 23.6 Å². The van der Waals surface area contributed by atoms with Crippen molar-refractivity contribution in [2.75, 3.05) is 32.7 Å². The number of aliphatic carboxylic acids is 1. The highest BCUT2D eigenvalue weighted by Crippen LogP contribution is 2.03. The maximum Gasteiger partial charge on any atom is 0.323 e. The quantitative estimate of drug-likeness (QED) is 0.129. The molecule has 4 N–H and O–H groups in total. The molecule has 0 atom stereocenters. The SMILES string of the molecule is CCNC(=O)CN(CC(=O)O)C(=O)CNC(=O)CNC(=O)CCCCC(=O)I. The summed E-state index contributed by atoms with van der Waals surface area (Å²) in [5.41, 5.74) is 0. The summed E-state index contributed by atoms with van der Waals surface area (Å²) in [6, 6.07) is 0. The molecule has 0 aromatic rings. The van der Waals surface area contributed by atoms with E-state index in [2.05, 4.69) is 16.0 Å². The molecule has 11 nitrogen and oxygen atoms in total. The van der Waals surface area contributed by atoms with Gasteiger partial charge in [0.1, 0.15) is 13.1 Å². The number of rotatable bonds is 14. The van der Waals surface area contributed by atoms with Crippen LogP contribution < -0.4 is 16.0 Å². The number of carboxylic acid groups (broad SMARTS) is 1. The summed E-state index contributed by atoms with van der Waals surface area (Å²) in [5, 5.41) is 15.9. The van der Waals surface area contributed by atoms with Crippen LogP contribution in [0.1, 0.15) is 32.6 Å². The number of amides is 4. The Hall–Kier alpha value is -2.25. The number of halogens is 1. The normalized spacial score (nSPS) is 9.93. The Morgan fingerprint density at radius 3 is 2.00 bits per heavy atom. The van der Waals surface area contributed by atoms with E-state index < -0.39 is 43.3 Å². The van der Waals surface area contributed by atoms with Gasteiger partial charge in [0.15, 0.2) is 3.79 Å². The van der Waals surface area contributed by atoms with Crippen LogP contribution in [0.25, 0.3) is 0 Å². The number of carbonyl (C=O) groups excluding carboxylic acids is 5. The molecule has 0 aromatic heterocycles. The van der Waals surface area contributed by atoms with E-state index in [1.807, 2.05) is 0 Å². The zero-order valence-corrected chi connectivity index (χ0v) is 17.7. The minimum atomic E-state index is -1.29. The van der Waals surface area contributed by atoms with Crippen molar-refractivity contribution >= 4 is 56.0 Å². The molecule has 0 rings (SSSR count). The first-order valence-electron chi connectivity index (χ1n) is 8.63. The van der Waals surface area contributed by atoms with Crippen LogP contribution in [-0.4, -0.2) is 76.1 Å². The molecule has 0 saturated heterocycles. The van der Waals surface area contributed by atoms with Crippen molar-refractivity contribution in [3.05, 3.63) is 0 Å². The zero-order valence-electron chi connectivity index (χ0n) is 15.6. The average molecular weight is 512 g/mol. The second kappa shape index (κ2) is 14.8. The summed E-state index contributed by atoms with van der Waals surface area (Å²) in [4.78, 5) is 69.3. The fraction of sp³-hybridized carbons (Fsp3) is 0.625. The molecule has 0 heterocycles. The van der Waals surface area contributed by atoms with Crippen molar-refractivity contribution < 1.29 is 33.9 Å². The zero-order chi connectivity index (χ0) is 21.5. The van der Waals surface area contributed by atoms with Crippen molar-refractivity contribution in [1.29, 1.82) is 0 Å². The average Bonchev–Trinajstić information content (AvgIpc) is 2.60. The summed E-state index contributed by atoms with van der Waals surface area (Å²) in [6.07, 6.45) is 1.67. The third kappa shape index (κ3) is 13.9. The summed E-state index contributed by atoms with van der Waals surface area (Å²) >= 11 is 1.68. The molecular formula is C16H25IN4O7. The fourth-order valence-electron chi connectivity index (χ4n) is 1.99. The largest absolute Gasteiger partial charge is 0.480 e. The smallest absolute Gasteiger partial charge is 0.323 e. The molecule has 0 spiro atoms. The third-order valence-corrected chi connectivity index (χ3v) is 3.84. The van der Waals surface area contributed by atoms with E-state index in [0.717, 1.165) is 4.90 Å². The van der Waals surface area contributed by atoms with Gasteiger partial charge in [-0.05, 0) is 42.4 Å². The highest BCUT2D eigenvalue weighted by molar-refractivity contribution is 14.1. The molecule has 28 heavy (non-hydrogen) atoms. The van der Waals surface area contributed by atoms with Gasteiger partial charge in [-0.15, -0.1) is 0 Å². The highest BCUT2D eigenvalue weighted by atomic mass is 127. The molecule has 0 bridgehead atoms. The van der Waals surface area contributed by atoms with E-state index in [-0.39, 0.29) is 22.7 Å². The third-order valence-electron chi connectivity index (χ3n) is 3.30. The summed E-state index contributed by atoms with van der Waals surface area (Å²) in [5.74, 6) is -3.53. The first-order chi connectivity index (χ1) is 13.1. The van der Waals surface area contributed by atoms with Crippen LogP contribution >= 0.6 is 22.6 Å². The Labute approximate surface area is 176 Å². The van der Waals surface area contributed by atoms with Crippen LogP contribution in [0.15, 0.2) is 0 Å². The Bertz CT molecular complexity index is 598. The number of carboxylic acids is 1. The second-order valence-electron chi connectivity index (χ2n) is 5.71. The topological polar surface area (TPSA) is 162 Å². The predicted molar refractivity (Wildman–Crippen MR) is 106 cm³/mol. The lowest BCUT2D eigenvalue weighted by Gasteiger charge is -2.20. The summed E-state index contributed by atoms with van der Waals surface area (Å²) in [7, 11) is 0. The van der Waals surface area contributed by atoms with Gasteiger partial charge in [-0.25, -0.2) is 0 Å². The Kier molecular flexibility index (Phi) is 13.6. The Morgan fingerprint density at radius 2 is 1.43 bits per heavy atom. The van der Waals surface area contributed by atoms with Gasteiger partial charge in [-0.2, -0.15) is 0 Å². The fourth-order valence-corrected chi connectivity index (χ4v) is 2.37. The maximum absolute atomic E-state index is 12.0. The highest BCUT2D eigenvalue weighted by Gasteiger charge is 2.20. The minimum absolute atomic E-state index is 0.0196. The molecule has 0 aliphatic carbocycles. The summed E-state index contributed by atoms with van der Waals surface area (Å²) in [6.45, 7) is 0.0524. The molecule has 0 fully saturated rings. The lowest BCUT2D eigenvalue weighted by molar-refractivity contribution is -0.145. The van der Waals surface area contributed by atoms with Gasteiger partial charge in [-0.3, -0.25) is 28.8 Å². The first-order valence-corrected chi connectivity index (χ1v) is 9.71. The van der Waals surface area contributed by atoms with Gasteiger partial charge in [0.05, 0.1) is 13.1 Å². The van der Waals surface area contributed by atoms with E-state index in [1.54, 1.807) is 29.5 Å².